The molecule has 3 heterocycles. The average molecular weight is 493 g/mol. The summed E-state index contributed by atoms with van der Waals surface area (Å²) in [5.74, 6) is -0.252. The number of carbonyl (C=O) groups excluding carboxylic acids is 1. The van der Waals surface area contributed by atoms with Gasteiger partial charge in [0, 0.05) is 53.6 Å². The Bertz CT molecular complexity index is 1550. The molecular formula is C27H29FN4O4. The van der Waals surface area contributed by atoms with Gasteiger partial charge in [0.15, 0.2) is 0 Å². The molecule has 0 fully saturated rings. The summed E-state index contributed by atoms with van der Waals surface area (Å²) < 4.78 is 21.9. The van der Waals surface area contributed by atoms with Gasteiger partial charge in [-0.3, -0.25) is 9.59 Å². The molecule has 0 atom stereocenters. The number of nitrogens with zero attached hydrogens (tertiary/aromatic N) is 2. The van der Waals surface area contributed by atoms with E-state index in [2.05, 4.69) is 15.3 Å². The zero-order valence-corrected chi connectivity index (χ0v) is 21.1. The van der Waals surface area contributed by atoms with Crippen molar-refractivity contribution in [2.45, 2.75) is 40.2 Å². The van der Waals surface area contributed by atoms with E-state index in [0.717, 1.165) is 5.56 Å². The summed E-state index contributed by atoms with van der Waals surface area (Å²) in [7, 11) is 1.60. The van der Waals surface area contributed by atoms with Crippen LogP contribution in [0, 0.1) is 19.7 Å². The molecule has 0 unspecified atom stereocenters. The van der Waals surface area contributed by atoms with Crippen molar-refractivity contribution in [3.63, 3.8) is 0 Å². The number of ether oxygens (including phenoxy) is 1. The quantitative estimate of drug-likeness (QED) is 0.368. The normalized spacial score (nSPS) is 11.7. The van der Waals surface area contributed by atoms with Gasteiger partial charge in [-0.25, -0.2) is 9.37 Å². The third kappa shape index (κ3) is 4.49. The number of carbonyl (C=O) groups is 1. The second kappa shape index (κ2) is 9.23. The monoisotopic (exact) mass is 492 g/mol. The first-order valence-corrected chi connectivity index (χ1v) is 11.6. The Morgan fingerprint density at radius 2 is 1.97 bits per heavy atom. The van der Waals surface area contributed by atoms with Gasteiger partial charge in [0.1, 0.15) is 22.8 Å². The number of aliphatic hydroxyl groups is 1. The fourth-order valence-electron chi connectivity index (χ4n) is 4.04. The maximum atomic E-state index is 14.3. The first-order valence-electron chi connectivity index (χ1n) is 11.6. The molecule has 1 amide bonds. The number of hydrogen-bond donors (Lipinski definition) is 3. The molecule has 0 radical (unpaired) electrons. The fraction of sp³-hybridized carbons (Fsp3) is 0.296. The Kier molecular flexibility index (Phi) is 6.44. The van der Waals surface area contributed by atoms with Crippen molar-refractivity contribution in [3.05, 3.63) is 75.2 Å². The number of aryl methyl sites for hydroxylation is 2. The van der Waals surface area contributed by atoms with Crippen molar-refractivity contribution >= 4 is 16.8 Å². The molecule has 8 nitrogen and oxygen atoms in total. The maximum Gasteiger partial charge on any atom is 0.274 e. The van der Waals surface area contributed by atoms with Crippen molar-refractivity contribution in [1.29, 1.82) is 0 Å². The van der Waals surface area contributed by atoms with Crippen molar-refractivity contribution in [2.24, 2.45) is 7.05 Å². The molecule has 36 heavy (non-hydrogen) atoms. The topological polar surface area (TPSA) is 109 Å². The molecule has 1 aromatic carbocycles. The highest BCUT2D eigenvalue weighted by atomic mass is 19.1. The molecule has 0 aliphatic rings. The minimum absolute atomic E-state index is 0.167. The van der Waals surface area contributed by atoms with Gasteiger partial charge in [-0.15, -0.1) is 0 Å². The highest BCUT2D eigenvalue weighted by Crippen LogP contribution is 2.39. The largest absolute Gasteiger partial charge is 0.438 e. The van der Waals surface area contributed by atoms with Crippen LogP contribution >= 0.6 is 0 Å². The summed E-state index contributed by atoms with van der Waals surface area (Å²) in [5.41, 5.74) is 1.55. The molecule has 3 aromatic heterocycles. The predicted octanol–water partition coefficient (Wildman–Crippen LogP) is 4.45. The van der Waals surface area contributed by atoms with E-state index >= 15 is 0 Å². The lowest BCUT2D eigenvalue weighted by Crippen LogP contribution is -2.23. The molecule has 0 aliphatic heterocycles. The van der Waals surface area contributed by atoms with Crippen LogP contribution in [0.25, 0.3) is 22.0 Å². The minimum atomic E-state index is -1.21. The summed E-state index contributed by atoms with van der Waals surface area (Å²) in [6, 6.07) is 6.33. The van der Waals surface area contributed by atoms with Gasteiger partial charge < -0.3 is 24.7 Å². The Morgan fingerprint density at radius 3 is 2.64 bits per heavy atom. The molecule has 0 spiro atoms. The van der Waals surface area contributed by atoms with Crippen LogP contribution in [0.4, 0.5) is 4.39 Å². The van der Waals surface area contributed by atoms with E-state index in [4.69, 9.17) is 4.74 Å². The Balaban J connectivity index is 2.01. The van der Waals surface area contributed by atoms with Crippen molar-refractivity contribution in [3.8, 4) is 22.8 Å². The van der Waals surface area contributed by atoms with Gasteiger partial charge in [-0.05, 0) is 58.4 Å². The summed E-state index contributed by atoms with van der Waals surface area (Å²) in [6.07, 6.45) is 3.13. The lowest BCUT2D eigenvalue weighted by atomic mass is 9.96. The number of halogens is 1. The number of benzene rings is 1. The third-order valence-corrected chi connectivity index (χ3v) is 6.13. The van der Waals surface area contributed by atoms with Gasteiger partial charge in [-0.2, -0.15) is 0 Å². The van der Waals surface area contributed by atoms with Crippen LogP contribution in [0.3, 0.4) is 0 Å². The Hall–Kier alpha value is -3.98. The van der Waals surface area contributed by atoms with Crippen LogP contribution in [-0.2, 0) is 12.6 Å². The van der Waals surface area contributed by atoms with E-state index in [1.165, 1.54) is 16.8 Å². The van der Waals surface area contributed by atoms with E-state index in [1.807, 2.05) is 6.92 Å². The fourth-order valence-corrected chi connectivity index (χ4v) is 4.04. The maximum absolute atomic E-state index is 14.3. The summed E-state index contributed by atoms with van der Waals surface area (Å²) >= 11 is 0. The number of aromatic amines is 1. The molecule has 3 N–H and O–H groups in total. The van der Waals surface area contributed by atoms with Gasteiger partial charge in [0.2, 0.25) is 5.88 Å². The number of amides is 1. The highest BCUT2D eigenvalue weighted by Gasteiger charge is 2.24. The van der Waals surface area contributed by atoms with Crippen LogP contribution in [0.2, 0.25) is 0 Å². The number of fused-ring (bicyclic) bond motifs is 1. The van der Waals surface area contributed by atoms with Crippen LogP contribution in [0.1, 0.15) is 48.0 Å². The zero-order valence-electron chi connectivity index (χ0n) is 21.1. The van der Waals surface area contributed by atoms with E-state index in [9.17, 15) is 19.1 Å². The van der Waals surface area contributed by atoms with Gasteiger partial charge >= 0.3 is 0 Å². The summed E-state index contributed by atoms with van der Waals surface area (Å²) in [6.45, 7) is 8.93. The molecular weight excluding hydrogens is 463 g/mol. The van der Waals surface area contributed by atoms with Gasteiger partial charge in [0.05, 0.1) is 5.60 Å². The number of aromatic nitrogens is 3. The van der Waals surface area contributed by atoms with Crippen molar-refractivity contribution in [2.75, 3.05) is 6.54 Å². The summed E-state index contributed by atoms with van der Waals surface area (Å²) in [4.78, 5) is 32.8. The van der Waals surface area contributed by atoms with Crippen LogP contribution in [-0.4, -0.2) is 32.1 Å². The molecule has 4 rings (SSSR count). The molecule has 0 saturated heterocycles. The highest BCUT2D eigenvalue weighted by molar-refractivity contribution is 6.03. The van der Waals surface area contributed by atoms with Crippen molar-refractivity contribution in [1.82, 2.24) is 19.9 Å². The molecule has 0 saturated carbocycles. The molecule has 0 bridgehead atoms. The first kappa shape index (κ1) is 25.1. The van der Waals surface area contributed by atoms with Crippen LogP contribution in [0.5, 0.6) is 11.6 Å². The lowest BCUT2D eigenvalue weighted by Gasteiger charge is -2.21. The number of H-pyrrole nitrogens is 1. The van der Waals surface area contributed by atoms with E-state index in [0.29, 0.717) is 39.9 Å². The summed E-state index contributed by atoms with van der Waals surface area (Å²) in [5, 5.41) is 13.9. The third-order valence-electron chi connectivity index (χ3n) is 6.13. The zero-order chi connectivity index (χ0) is 26.4. The number of nitrogens with one attached hydrogen (secondary N) is 2. The SMILES string of the molecule is CCNC(=O)c1cc2c(-c3cc(C(C)(C)O)cnc3Oc3c(C)ccc(F)c3C)cn(C)c(=O)c2[nH]1. The minimum Gasteiger partial charge on any atom is -0.438 e. The second-order valence-corrected chi connectivity index (χ2v) is 9.35. The molecule has 9 heteroatoms. The second-order valence-electron chi connectivity index (χ2n) is 9.35. The van der Waals surface area contributed by atoms with Crippen molar-refractivity contribution < 1.29 is 19.0 Å². The number of rotatable bonds is 6. The number of pyridine rings is 2. The first-order chi connectivity index (χ1) is 16.9. The smallest absolute Gasteiger partial charge is 0.274 e. The van der Waals surface area contributed by atoms with E-state index < -0.39 is 11.4 Å². The molecule has 0 aliphatic carbocycles. The van der Waals surface area contributed by atoms with E-state index in [1.54, 1.807) is 59.1 Å². The lowest BCUT2D eigenvalue weighted by molar-refractivity contribution is 0.0782. The van der Waals surface area contributed by atoms with Crippen LogP contribution < -0.4 is 15.6 Å². The predicted molar refractivity (Wildman–Crippen MR) is 136 cm³/mol. The average Bonchev–Trinajstić information content (AvgIpc) is 3.27. The van der Waals surface area contributed by atoms with Gasteiger partial charge in [-0.1, -0.05) is 6.07 Å². The van der Waals surface area contributed by atoms with Gasteiger partial charge in [0.25, 0.3) is 11.5 Å². The standard InChI is InChI=1S/C27H29FN4O4/c1-7-29-24(33)21-11-17-19(13-32(6)26(34)22(17)31-21)18-10-16(27(4,5)35)12-30-25(18)36-23-14(2)8-9-20(28)15(23)3/h8-13,31,35H,7H2,1-6H3,(H,29,33). The Labute approximate surface area is 207 Å². The number of hydrogen-bond acceptors (Lipinski definition) is 5. The Morgan fingerprint density at radius 1 is 1.25 bits per heavy atom. The molecule has 4 aromatic rings. The molecule has 188 valence electrons. The van der Waals surface area contributed by atoms with Crippen LogP contribution in [0.15, 0.2) is 41.5 Å². The van der Waals surface area contributed by atoms with E-state index in [-0.39, 0.29) is 28.6 Å².